The quantitative estimate of drug-likeness (QED) is 0.686. The first-order valence-corrected chi connectivity index (χ1v) is 3.35. The Morgan fingerprint density at radius 1 is 1.33 bits per heavy atom. The van der Waals surface area contributed by atoms with Crippen molar-refractivity contribution in [2.24, 2.45) is 0 Å². The molecule has 8 heteroatoms. The van der Waals surface area contributed by atoms with Crippen LogP contribution in [0.15, 0.2) is 6.20 Å². The van der Waals surface area contributed by atoms with Gasteiger partial charge in [-0.25, -0.2) is 9.37 Å². The number of nitrogens with zero attached hydrogens (tertiary/aromatic N) is 2. The first-order valence-electron chi connectivity index (χ1n) is 3.35. The Labute approximate surface area is 79.7 Å². The van der Waals surface area contributed by atoms with Crippen LogP contribution >= 0.6 is 0 Å². The molecule has 0 saturated heterocycles. The Morgan fingerprint density at radius 2 is 1.93 bits per heavy atom. The second-order valence-electron chi connectivity index (χ2n) is 2.26. The van der Waals surface area contributed by atoms with E-state index in [1.165, 1.54) is 0 Å². The number of ether oxygens (including phenoxy) is 1. The summed E-state index contributed by atoms with van der Waals surface area (Å²) in [4.78, 5) is 2.93. The Balaban J connectivity index is 3.23. The van der Waals surface area contributed by atoms with Crippen molar-refractivity contribution in [2.45, 2.75) is 6.36 Å². The molecular weight excluding hydrogens is 223 g/mol. The van der Waals surface area contributed by atoms with Crippen LogP contribution in [0.25, 0.3) is 0 Å². The van der Waals surface area contributed by atoms with Gasteiger partial charge in [0.25, 0.3) is 0 Å². The fourth-order valence-corrected chi connectivity index (χ4v) is 0.736. The third-order valence-electron chi connectivity index (χ3n) is 1.25. The van der Waals surface area contributed by atoms with Gasteiger partial charge < -0.3 is 4.74 Å². The van der Waals surface area contributed by atoms with Crippen molar-refractivity contribution >= 4 is 0 Å². The molecule has 0 saturated carbocycles. The third-order valence-corrected chi connectivity index (χ3v) is 1.25. The lowest BCUT2D eigenvalue weighted by Gasteiger charge is -2.10. The number of hydrogen-bond acceptors (Lipinski definition) is 3. The second kappa shape index (κ2) is 3.68. The van der Waals surface area contributed by atoms with Crippen molar-refractivity contribution in [3.05, 3.63) is 23.5 Å². The molecule has 0 spiro atoms. The molecule has 80 valence electrons. The highest BCUT2D eigenvalue weighted by Crippen LogP contribution is 2.28. The molecule has 0 bridgehead atoms. The molecule has 15 heavy (non-hydrogen) atoms. The Bertz CT molecular complexity index is 423. The molecule has 0 fully saturated rings. The second-order valence-corrected chi connectivity index (χ2v) is 2.26. The number of rotatable bonds is 1. The zero-order valence-electron chi connectivity index (χ0n) is 6.77. The Kier molecular flexibility index (Phi) is 2.74. The zero-order chi connectivity index (χ0) is 11.6. The van der Waals surface area contributed by atoms with E-state index in [0.29, 0.717) is 0 Å². The molecule has 1 aromatic heterocycles. The summed E-state index contributed by atoms with van der Waals surface area (Å²) in [6, 6.07) is 1.15. The van der Waals surface area contributed by atoms with Crippen LogP contribution in [-0.2, 0) is 0 Å². The highest BCUT2D eigenvalue weighted by Gasteiger charge is 2.34. The van der Waals surface area contributed by atoms with Crippen LogP contribution in [0.4, 0.5) is 22.0 Å². The Hall–Kier alpha value is -1.91. The van der Waals surface area contributed by atoms with Crippen LogP contribution < -0.4 is 4.74 Å². The summed E-state index contributed by atoms with van der Waals surface area (Å²) >= 11 is 0. The summed E-state index contributed by atoms with van der Waals surface area (Å²) in [6.45, 7) is 0. The number of pyridine rings is 1. The molecule has 0 N–H and O–H groups in total. The molecule has 0 aliphatic carbocycles. The lowest BCUT2D eigenvalue weighted by atomic mass is 10.3. The zero-order valence-corrected chi connectivity index (χ0v) is 6.77. The van der Waals surface area contributed by atoms with Crippen molar-refractivity contribution in [1.29, 1.82) is 5.26 Å². The van der Waals surface area contributed by atoms with Gasteiger partial charge in [0, 0.05) is 0 Å². The number of aromatic nitrogens is 1. The Morgan fingerprint density at radius 3 is 2.40 bits per heavy atom. The standard InChI is InChI=1S/C7HF5N2O/c8-3-2-14-4(1-13)5(9)6(3)15-7(10,11)12/h2H. The summed E-state index contributed by atoms with van der Waals surface area (Å²) in [5, 5.41) is 8.22. The predicted molar refractivity (Wildman–Crippen MR) is 35.6 cm³/mol. The van der Waals surface area contributed by atoms with E-state index in [2.05, 4.69) is 9.72 Å². The first-order chi connectivity index (χ1) is 6.85. The van der Waals surface area contributed by atoms with Gasteiger partial charge in [-0.2, -0.15) is 9.65 Å². The highest BCUT2D eigenvalue weighted by atomic mass is 19.4. The number of hydrogen-bond donors (Lipinski definition) is 0. The lowest BCUT2D eigenvalue weighted by Crippen LogP contribution is -2.19. The predicted octanol–water partition coefficient (Wildman–Crippen LogP) is 2.13. The van der Waals surface area contributed by atoms with Crippen LogP contribution in [0, 0.1) is 23.0 Å². The van der Waals surface area contributed by atoms with Gasteiger partial charge in [0.2, 0.25) is 11.6 Å². The van der Waals surface area contributed by atoms with E-state index >= 15 is 0 Å². The molecule has 1 heterocycles. The lowest BCUT2D eigenvalue weighted by molar-refractivity contribution is -0.276. The van der Waals surface area contributed by atoms with E-state index in [4.69, 9.17) is 5.26 Å². The fraction of sp³-hybridized carbons (Fsp3) is 0.143. The van der Waals surface area contributed by atoms with Gasteiger partial charge in [0.1, 0.15) is 6.07 Å². The van der Waals surface area contributed by atoms with Gasteiger partial charge in [-0.3, -0.25) is 0 Å². The largest absolute Gasteiger partial charge is 0.573 e. The van der Waals surface area contributed by atoms with Crippen molar-refractivity contribution < 1.29 is 26.7 Å². The number of alkyl halides is 3. The molecule has 3 nitrogen and oxygen atoms in total. The SMILES string of the molecule is N#Cc1ncc(F)c(OC(F)(F)F)c1F. The van der Waals surface area contributed by atoms with Crippen LogP contribution in [0.3, 0.4) is 0 Å². The minimum atomic E-state index is -5.24. The van der Waals surface area contributed by atoms with Crippen molar-refractivity contribution in [3.63, 3.8) is 0 Å². The molecule has 0 aliphatic heterocycles. The fourth-order valence-electron chi connectivity index (χ4n) is 0.736. The van der Waals surface area contributed by atoms with Crippen LogP contribution in [0.1, 0.15) is 5.69 Å². The molecule has 0 aromatic carbocycles. The van der Waals surface area contributed by atoms with E-state index in [9.17, 15) is 22.0 Å². The van der Waals surface area contributed by atoms with Crippen LogP contribution in [0.5, 0.6) is 5.75 Å². The molecule has 1 rings (SSSR count). The van der Waals surface area contributed by atoms with Gasteiger partial charge in [0.05, 0.1) is 6.20 Å². The van der Waals surface area contributed by atoms with Crippen LogP contribution in [-0.4, -0.2) is 11.3 Å². The van der Waals surface area contributed by atoms with E-state index in [0.717, 1.165) is 6.07 Å². The average Bonchev–Trinajstić information content (AvgIpc) is 2.11. The summed E-state index contributed by atoms with van der Waals surface area (Å²) in [7, 11) is 0. The minimum Gasteiger partial charge on any atom is -0.399 e. The topological polar surface area (TPSA) is 45.9 Å². The normalized spacial score (nSPS) is 10.9. The molecule has 1 aromatic rings. The maximum absolute atomic E-state index is 12.9. The molecule has 0 radical (unpaired) electrons. The molecule has 0 amide bonds. The minimum absolute atomic E-state index is 0.267. The summed E-state index contributed by atoms with van der Waals surface area (Å²) in [5.74, 6) is -5.10. The first kappa shape index (κ1) is 11.2. The van der Waals surface area contributed by atoms with E-state index < -0.39 is 29.4 Å². The number of halogens is 5. The highest BCUT2D eigenvalue weighted by molar-refractivity contribution is 5.33. The van der Waals surface area contributed by atoms with Crippen molar-refractivity contribution in [1.82, 2.24) is 4.98 Å². The van der Waals surface area contributed by atoms with E-state index in [1.54, 1.807) is 0 Å². The molecule has 0 atom stereocenters. The van der Waals surface area contributed by atoms with Crippen LogP contribution in [0.2, 0.25) is 0 Å². The van der Waals surface area contributed by atoms with Crippen molar-refractivity contribution in [2.75, 3.05) is 0 Å². The summed E-state index contributed by atoms with van der Waals surface area (Å²) in [6.07, 6.45) is -4.97. The maximum atomic E-state index is 12.9. The molecular formula is C7HF5N2O. The third kappa shape index (κ3) is 2.52. The van der Waals surface area contributed by atoms with Gasteiger partial charge in [-0.1, -0.05) is 0 Å². The maximum Gasteiger partial charge on any atom is 0.573 e. The summed E-state index contributed by atoms with van der Waals surface area (Å²) in [5.41, 5.74) is -0.976. The molecule has 0 unspecified atom stereocenters. The molecule has 0 aliphatic rings. The van der Waals surface area contributed by atoms with Gasteiger partial charge in [0.15, 0.2) is 11.5 Å². The van der Waals surface area contributed by atoms with E-state index in [1.807, 2.05) is 0 Å². The smallest absolute Gasteiger partial charge is 0.399 e. The van der Waals surface area contributed by atoms with Gasteiger partial charge >= 0.3 is 6.36 Å². The average molecular weight is 224 g/mol. The monoisotopic (exact) mass is 224 g/mol. The van der Waals surface area contributed by atoms with Gasteiger partial charge in [-0.15, -0.1) is 13.2 Å². The summed E-state index contributed by atoms with van der Waals surface area (Å²) < 4.78 is 63.7. The van der Waals surface area contributed by atoms with Gasteiger partial charge in [-0.05, 0) is 0 Å². The van der Waals surface area contributed by atoms with E-state index in [-0.39, 0.29) is 6.20 Å². The van der Waals surface area contributed by atoms with Crippen molar-refractivity contribution in [3.8, 4) is 11.8 Å². The number of nitriles is 1.